The van der Waals surface area contributed by atoms with Crippen LogP contribution in [0.2, 0.25) is 0 Å². The van der Waals surface area contributed by atoms with Gasteiger partial charge in [-0.25, -0.2) is 0 Å². The van der Waals surface area contributed by atoms with Gasteiger partial charge in [0.15, 0.2) is 0 Å². The van der Waals surface area contributed by atoms with Gasteiger partial charge in [-0.15, -0.1) is 0 Å². The lowest BCUT2D eigenvalue weighted by Gasteiger charge is -2.34. The quantitative estimate of drug-likeness (QED) is 0.510. The molecule has 32 heavy (non-hydrogen) atoms. The third kappa shape index (κ3) is 6.00. The van der Waals surface area contributed by atoms with Crippen LogP contribution in [0.4, 0.5) is 0 Å². The van der Waals surface area contributed by atoms with E-state index in [1.807, 2.05) is 47.4 Å². The lowest BCUT2D eigenvalue weighted by molar-refractivity contribution is -0.138. The summed E-state index contributed by atoms with van der Waals surface area (Å²) in [5.74, 6) is 1.07. The fourth-order valence-electron chi connectivity index (χ4n) is 3.70. The number of carbonyl (C=O) groups is 1. The zero-order valence-corrected chi connectivity index (χ0v) is 18.3. The van der Waals surface area contributed by atoms with E-state index in [1.54, 1.807) is 7.11 Å². The van der Waals surface area contributed by atoms with Gasteiger partial charge >= 0.3 is 0 Å². The molecular weight excluding hydrogens is 408 g/mol. The summed E-state index contributed by atoms with van der Waals surface area (Å²) >= 11 is 0. The molecule has 1 aliphatic heterocycles. The summed E-state index contributed by atoms with van der Waals surface area (Å²) in [4.78, 5) is 21.0. The van der Waals surface area contributed by atoms with Crippen molar-refractivity contribution in [1.82, 2.24) is 19.9 Å². The van der Waals surface area contributed by atoms with E-state index in [0.29, 0.717) is 38.0 Å². The smallest absolute Gasteiger partial charge is 0.252 e. The predicted molar refractivity (Wildman–Crippen MR) is 118 cm³/mol. The molecule has 1 saturated heterocycles. The molecule has 168 valence electrons. The molecule has 0 spiro atoms. The van der Waals surface area contributed by atoms with Crippen molar-refractivity contribution < 1.29 is 18.8 Å². The van der Waals surface area contributed by atoms with E-state index in [1.165, 1.54) is 5.56 Å². The number of benzene rings is 2. The van der Waals surface area contributed by atoms with Crippen molar-refractivity contribution in [3.63, 3.8) is 0 Å². The largest absolute Gasteiger partial charge is 0.375 e. The lowest BCUT2D eigenvalue weighted by atomic mass is 10.1. The summed E-state index contributed by atoms with van der Waals surface area (Å²) in [6.45, 7) is 4.75. The number of rotatable bonds is 9. The number of hydrogen-bond acceptors (Lipinski definition) is 7. The summed E-state index contributed by atoms with van der Waals surface area (Å²) < 4.78 is 15.8. The van der Waals surface area contributed by atoms with Gasteiger partial charge in [0.05, 0.1) is 6.61 Å². The summed E-state index contributed by atoms with van der Waals surface area (Å²) in [5.41, 5.74) is 3.16. The average Bonchev–Trinajstić information content (AvgIpc) is 3.29. The van der Waals surface area contributed by atoms with Gasteiger partial charge in [-0.2, -0.15) is 4.98 Å². The Labute approximate surface area is 187 Å². The molecule has 8 heteroatoms. The Morgan fingerprint density at radius 2 is 1.78 bits per heavy atom. The molecule has 0 atom stereocenters. The van der Waals surface area contributed by atoms with Crippen LogP contribution < -0.4 is 0 Å². The van der Waals surface area contributed by atoms with E-state index < -0.39 is 0 Å². The van der Waals surface area contributed by atoms with Crippen LogP contribution in [0.1, 0.15) is 17.0 Å². The minimum Gasteiger partial charge on any atom is -0.375 e. The van der Waals surface area contributed by atoms with Gasteiger partial charge in [-0.3, -0.25) is 9.69 Å². The van der Waals surface area contributed by atoms with Crippen molar-refractivity contribution in [2.75, 3.05) is 39.9 Å². The van der Waals surface area contributed by atoms with Crippen LogP contribution in [0.5, 0.6) is 0 Å². The molecule has 0 saturated carbocycles. The topological polar surface area (TPSA) is 80.9 Å². The number of amides is 1. The van der Waals surface area contributed by atoms with Crippen molar-refractivity contribution >= 4 is 5.91 Å². The normalized spacial score (nSPS) is 14.6. The van der Waals surface area contributed by atoms with E-state index >= 15 is 0 Å². The van der Waals surface area contributed by atoms with Crippen LogP contribution >= 0.6 is 0 Å². The fourth-order valence-corrected chi connectivity index (χ4v) is 3.70. The van der Waals surface area contributed by atoms with E-state index in [2.05, 4.69) is 27.2 Å². The molecule has 0 N–H and O–H groups in total. The summed E-state index contributed by atoms with van der Waals surface area (Å²) in [5, 5.41) is 4.03. The van der Waals surface area contributed by atoms with Crippen molar-refractivity contribution in [3.8, 4) is 11.4 Å². The van der Waals surface area contributed by atoms with Gasteiger partial charge in [0, 0.05) is 45.4 Å². The number of ether oxygens (including phenoxy) is 2. The van der Waals surface area contributed by atoms with Crippen LogP contribution in [-0.2, 0) is 34.0 Å². The minimum atomic E-state index is 0.0477. The summed E-state index contributed by atoms with van der Waals surface area (Å²) in [7, 11) is 1.59. The van der Waals surface area contributed by atoms with Crippen LogP contribution in [-0.4, -0.2) is 65.7 Å². The SMILES string of the molecule is COCc1nc(-c2cccc(CN3CCN(C(=O)COCc4ccccc4)CC3)c2)no1. The lowest BCUT2D eigenvalue weighted by Crippen LogP contribution is -2.49. The van der Waals surface area contributed by atoms with Gasteiger partial charge in [-0.05, 0) is 17.2 Å². The number of nitrogens with zero attached hydrogens (tertiary/aromatic N) is 4. The number of carbonyl (C=O) groups excluding carboxylic acids is 1. The molecule has 2 heterocycles. The fraction of sp³-hybridized carbons (Fsp3) is 0.375. The molecule has 0 aliphatic carbocycles. The number of piperazine rings is 1. The van der Waals surface area contributed by atoms with E-state index in [-0.39, 0.29) is 12.5 Å². The molecule has 0 bridgehead atoms. The van der Waals surface area contributed by atoms with Gasteiger partial charge in [0.25, 0.3) is 5.89 Å². The maximum Gasteiger partial charge on any atom is 0.252 e. The highest BCUT2D eigenvalue weighted by atomic mass is 16.5. The second kappa shape index (κ2) is 11.0. The summed E-state index contributed by atoms with van der Waals surface area (Å²) in [6.07, 6.45) is 0. The van der Waals surface area contributed by atoms with Crippen molar-refractivity contribution in [3.05, 3.63) is 71.6 Å². The number of hydrogen-bond donors (Lipinski definition) is 0. The third-order valence-corrected chi connectivity index (χ3v) is 5.39. The Balaban J connectivity index is 1.23. The van der Waals surface area contributed by atoms with Gasteiger partial charge in [0.1, 0.15) is 13.2 Å². The van der Waals surface area contributed by atoms with Crippen LogP contribution in [0.25, 0.3) is 11.4 Å². The van der Waals surface area contributed by atoms with Crippen molar-refractivity contribution in [1.29, 1.82) is 0 Å². The third-order valence-electron chi connectivity index (χ3n) is 5.39. The Bertz CT molecular complexity index is 1000. The molecule has 3 aromatic rings. The molecule has 1 fully saturated rings. The first-order valence-electron chi connectivity index (χ1n) is 10.7. The standard InChI is InChI=1S/C24H28N4O4/c1-30-17-22-25-24(26-32-22)21-9-5-8-20(14-21)15-27-10-12-28(13-11-27)23(29)18-31-16-19-6-3-2-4-7-19/h2-9,14H,10-13,15-18H2,1H3. The molecule has 0 radical (unpaired) electrons. The van der Waals surface area contributed by atoms with Gasteiger partial charge in [0.2, 0.25) is 11.7 Å². The van der Waals surface area contributed by atoms with E-state index in [9.17, 15) is 4.79 Å². The van der Waals surface area contributed by atoms with E-state index in [0.717, 1.165) is 30.8 Å². The maximum atomic E-state index is 12.5. The first-order chi connectivity index (χ1) is 15.7. The van der Waals surface area contributed by atoms with Crippen molar-refractivity contribution in [2.24, 2.45) is 0 Å². The average molecular weight is 437 g/mol. The van der Waals surface area contributed by atoms with Crippen LogP contribution in [0.15, 0.2) is 59.1 Å². The molecule has 2 aromatic carbocycles. The highest BCUT2D eigenvalue weighted by Gasteiger charge is 2.21. The Hall–Kier alpha value is -3.07. The van der Waals surface area contributed by atoms with Crippen LogP contribution in [0, 0.1) is 0 Å². The first-order valence-corrected chi connectivity index (χ1v) is 10.7. The Morgan fingerprint density at radius 1 is 1.00 bits per heavy atom. The predicted octanol–water partition coefficient (Wildman–Crippen LogP) is 2.74. The summed E-state index contributed by atoms with van der Waals surface area (Å²) in [6, 6.07) is 18.0. The molecule has 1 aliphatic rings. The van der Waals surface area contributed by atoms with Gasteiger partial charge < -0.3 is 18.9 Å². The van der Waals surface area contributed by atoms with Crippen molar-refractivity contribution in [2.45, 2.75) is 19.8 Å². The molecule has 1 amide bonds. The Morgan fingerprint density at radius 3 is 2.56 bits per heavy atom. The second-order valence-corrected chi connectivity index (χ2v) is 7.78. The van der Waals surface area contributed by atoms with E-state index in [4.69, 9.17) is 14.0 Å². The molecule has 8 nitrogen and oxygen atoms in total. The van der Waals surface area contributed by atoms with Gasteiger partial charge in [-0.1, -0.05) is 53.7 Å². The minimum absolute atomic E-state index is 0.0477. The number of methoxy groups -OCH3 is 1. The molecule has 0 unspecified atom stereocenters. The molecular formula is C24H28N4O4. The highest BCUT2D eigenvalue weighted by molar-refractivity contribution is 5.77. The zero-order chi connectivity index (χ0) is 22.2. The number of aromatic nitrogens is 2. The molecule has 1 aromatic heterocycles. The first kappa shape index (κ1) is 22.1. The Kier molecular flexibility index (Phi) is 7.60. The molecule has 4 rings (SSSR count). The van der Waals surface area contributed by atoms with Crippen LogP contribution in [0.3, 0.4) is 0 Å². The second-order valence-electron chi connectivity index (χ2n) is 7.78. The zero-order valence-electron chi connectivity index (χ0n) is 18.3. The highest BCUT2D eigenvalue weighted by Crippen LogP contribution is 2.19. The maximum absolute atomic E-state index is 12.5. The monoisotopic (exact) mass is 436 g/mol.